The van der Waals surface area contributed by atoms with Crippen LogP contribution in [-0.2, 0) is 11.2 Å². The second-order valence-corrected chi connectivity index (χ2v) is 8.96. The SMILES string of the molecule is CCCCN1C(=O)[C@@H]2Cc3c([nH]c4ccccc34)[C@@H](c3cccc(OC(C)C)c3)N2C1=O. The lowest BCUT2D eigenvalue weighted by atomic mass is 9.89. The van der Waals surface area contributed by atoms with Gasteiger partial charge in [0.15, 0.2) is 0 Å². The Kier molecular flexibility index (Phi) is 5.16. The summed E-state index contributed by atoms with van der Waals surface area (Å²) in [7, 11) is 0. The number of para-hydroxylation sites is 1. The molecule has 1 aromatic heterocycles. The third-order valence-corrected chi connectivity index (χ3v) is 6.42. The molecule has 1 saturated heterocycles. The van der Waals surface area contributed by atoms with E-state index in [1.165, 1.54) is 4.90 Å². The Bertz CT molecular complexity index is 1180. The molecule has 6 heteroatoms. The van der Waals surface area contributed by atoms with Crippen molar-refractivity contribution in [3.63, 3.8) is 0 Å². The van der Waals surface area contributed by atoms with Crippen LogP contribution in [-0.4, -0.2) is 45.4 Å². The number of nitrogens with one attached hydrogen (secondary N) is 1. The van der Waals surface area contributed by atoms with Crippen LogP contribution in [0.5, 0.6) is 5.75 Å². The minimum absolute atomic E-state index is 0.0486. The molecule has 0 radical (unpaired) electrons. The Morgan fingerprint density at radius 2 is 1.94 bits per heavy atom. The molecule has 5 rings (SSSR count). The maximum atomic E-state index is 13.5. The van der Waals surface area contributed by atoms with Gasteiger partial charge in [0.25, 0.3) is 5.91 Å². The van der Waals surface area contributed by atoms with Crippen molar-refractivity contribution in [3.05, 3.63) is 65.4 Å². The first kappa shape index (κ1) is 20.6. The highest BCUT2D eigenvalue weighted by atomic mass is 16.5. The van der Waals surface area contributed by atoms with Crippen LogP contribution in [0.1, 0.15) is 56.5 Å². The molecule has 0 bridgehead atoms. The molecule has 0 spiro atoms. The number of aromatic amines is 1. The highest BCUT2D eigenvalue weighted by molar-refractivity contribution is 6.05. The Labute approximate surface area is 188 Å². The summed E-state index contributed by atoms with van der Waals surface area (Å²) in [6.07, 6.45) is 2.33. The van der Waals surface area contributed by atoms with Crippen molar-refractivity contribution < 1.29 is 14.3 Å². The van der Waals surface area contributed by atoms with Crippen molar-refractivity contribution >= 4 is 22.8 Å². The fourth-order valence-electron chi connectivity index (χ4n) is 5.03. The van der Waals surface area contributed by atoms with E-state index in [1.807, 2.05) is 56.3 Å². The molecule has 166 valence electrons. The van der Waals surface area contributed by atoms with Crippen LogP contribution in [0.2, 0.25) is 0 Å². The van der Waals surface area contributed by atoms with Gasteiger partial charge in [0, 0.05) is 29.6 Å². The molecular formula is C26H29N3O3. The number of aromatic nitrogens is 1. The topological polar surface area (TPSA) is 65.6 Å². The molecule has 0 saturated carbocycles. The molecule has 3 amide bonds. The summed E-state index contributed by atoms with van der Waals surface area (Å²) in [5.41, 5.74) is 4.09. The highest BCUT2D eigenvalue weighted by Crippen LogP contribution is 2.44. The van der Waals surface area contributed by atoms with Crippen molar-refractivity contribution in [2.75, 3.05) is 6.54 Å². The zero-order valence-corrected chi connectivity index (χ0v) is 18.8. The van der Waals surface area contributed by atoms with E-state index >= 15 is 0 Å². The first-order valence-electron chi connectivity index (χ1n) is 11.5. The highest BCUT2D eigenvalue weighted by Gasteiger charge is 2.52. The zero-order valence-electron chi connectivity index (χ0n) is 18.8. The van der Waals surface area contributed by atoms with E-state index in [2.05, 4.69) is 18.0 Å². The number of carbonyl (C=O) groups excluding carboxylic acids is 2. The number of rotatable bonds is 6. The molecule has 1 N–H and O–H groups in total. The van der Waals surface area contributed by atoms with Gasteiger partial charge in [0.2, 0.25) is 0 Å². The van der Waals surface area contributed by atoms with Gasteiger partial charge in [0.1, 0.15) is 17.8 Å². The number of amides is 3. The number of hydrogen-bond donors (Lipinski definition) is 1. The van der Waals surface area contributed by atoms with Gasteiger partial charge >= 0.3 is 6.03 Å². The fourth-order valence-corrected chi connectivity index (χ4v) is 5.03. The van der Waals surface area contributed by atoms with Gasteiger partial charge in [-0.15, -0.1) is 0 Å². The maximum absolute atomic E-state index is 13.5. The van der Waals surface area contributed by atoms with Crippen LogP contribution in [0.4, 0.5) is 4.79 Å². The van der Waals surface area contributed by atoms with E-state index < -0.39 is 6.04 Å². The number of benzene rings is 2. The molecule has 0 aliphatic carbocycles. The van der Waals surface area contributed by atoms with E-state index in [1.54, 1.807) is 4.90 Å². The number of ether oxygens (including phenoxy) is 1. The van der Waals surface area contributed by atoms with Gasteiger partial charge in [-0.2, -0.15) is 0 Å². The van der Waals surface area contributed by atoms with Gasteiger partial charge < -0.3 is 9.72 Å². The summed E-state index contributed by atoms with van der Waals surface area (Å²) in [6, 6.07) is 15.0. The van der Waals surface area contributed by atoms with Gasteiger partial charge in [-0.25, -0.2) is 4.79 Å². The van der Waals surface area contributed by atoms with Crippen LogP contribution >= 0.6 is 0 Å². The van der Waals surface area contributed by atoms with Gasteiger partial charge in [-0.3, -0.25) is 14.6 Å². The molecule has 2 aromatic carbocycles. The van der Waals surface area contributed by atoms with Gasteiger partial charge in [0.05, 0.1) is 6.10 Å². The predicted molar refractivity (Wildman–Crippen MR) is 124 cm³/mol. The average Bonchev–Trinajstić information content (AvgIpc) is 3.26. The van der Waals surface area contributed by atoms with E-state index in [-0.39, 0.29) is 24.1 Å². The molecule has 2 atom stereocenters. The number of carbonyl (C=O) groups is 2. The summed E-state index contributed by atoms with van der Waals surface area (Å²) in [4.78, 5) is 33.7. The Morgan fingerprint density at radius 3 is 2.72 bits per heavy atom. The second-order valence-electron chi connectivity index (χ2n) is 8.96. The van der Waals surface area contributed by atoms with Crippen LogP contribution in [0, 0.1) is 0 Å². The summed E-state index contributed by atoms with van der Waals surface area (Å²) >= 11 is 0. The van der Waals surface area contributed by atoms with E-state index in [9.17, 15) is 9.59 Å². The Morgan fingerprint density at radius 1 is 1.12 bits per heavy atom. The van der Waals surface area contributed by atoms with Crippen LogP contribution in [0.25, 0.3) is 10.9 Å². The van der Waals surface area contributed by atoms with E-state index in [0.717, 1.165) is 46.3 Å². The lowest BCUT2D eigenvalue weighted by Crippen LogP contribution is -2.44. The van der Waals surface area contributed by atoms with E-state index in [4.69, 9.17) is 4.74 Å². The summed E-state index contributed by atoms with van der Waals surface area (Å²) in [5.74, 6) is 0.678. The fraction of sp³-hybridized carbons (Fsp3) is 0.385. The largest absolute Gasteiger partial charge is 0.491 e. The third-order valence-electron chi connectivity index (χ3n) is 6.42. The molecule has 3 aromatic rings. The molecule has 2 aliphatic heterocycles. The monoisotopic (exact) mass is 431 g/mol. The normalized spacial score (nSPS) is 20.2. The van der Waals surface area contributed by atoms with Crippen LogP contribution < -0.4 is 4.74 Å². The molecule has 1 fully saturated rings. The third kappa shape index (κ3) is 3.25. The average molecular weight is 432 g/mol. The van der Waals surface area contributed by atoms with E-state index in [0.29, 0.717) is 13.0 Å². The summed E-state index contributed by atoms with van der Waals surface area (Å²) in [5, 5.41) is 1.12. The summed E-state index contributed by atoms with van der Waals surface area (Å²) < 4.78 is 5.94. The molecule has 0 unspecified atom stereocenters. The second kappa shape index (κ2) is 8.01. The minimum Gasteiger partial charge on any atom is -0.491 e. The number of fused-ring (bicyclic) bond motifs is 4. The number of urea groups is 1. The van der Waals surface area contributed by atoms with Crippen molar-refractivity contribution in [2.24, 2.45) is 0 Å². The molecular weight excluding hydrogens is 402 g/mol. The maximum Gasteiger partial charge on any atom is 0.328 e. The summed E-state index contributed by atoms with van der Waals surface area (Å²) in [6.45, 7) is 6.53. The van der Waals surface area contributed by atoms with Crippen LogP contribution in [0.15, 0.2) is 48.5 Å². The zero-order chi connectivity index (χ0) is 22.4. The number of imide groups is 1. The molecule has 32 heavy (non-hydrogen) atoms. The molecule has 6 nitrogen and oxygen atoms in total. The number of H-pyrrole nitrogens is 1. The van der Waals surface area contributed by atoms with Crippen molar-refractivity contribution in [1.82, 2.24) is 14.8 Å². The first-order valence-corrected chi connectivity index (χ1v) is 11.5. The predicted octanol–water partition coefficient (Wildman–Crippen LogP) is 5.03. The van der Waals surface area contributed by atoms with Crippen molar-refractivity contribution in [2.45, 2.75) is 58.2 Å². The lowest BCUT2D eigenvalue weighted by molar-refractivity contribution is -0.128. The van der Waals surface area contributed by atoms with Crippen LogP contribution in [0.3, 0.4) is 0 Å². The standard InChI is InChI=1S/C26H29N3O3/c1-4-5-13-28-25(30)22-15-20-19-11-6-7-12-21(19)27-23(20)24(29(22)26(28)31)17-9-8-10-18(14-17)32-16(2)3/h6-12,14,16,22,24,27H,4-5,13,15H2,1-3H3/t22-,24+/m0/s1. The minimum atomic E-state index is -0.481. The number of nitrogens with zero attached hydrogens (tertiary/aromatic N) is 2. The van der Waals surface area contributed by atoms with Crippen molar-refractivity contribution in [1.29, 1.82) is 0 Å². The first-order chi connectivity index (χ1) is 15.5. The molecule has 3 heterocycles. The molecule has 2 aliphatic rings. The van der Waals surface area contributed by atoms with Gasteiger partial charge in [-0.1, -0.05) is 43.7 Å². The number of hydrogen-bond acceptors (Lipinski definition) is 3. The lowest BCUT2D eigenvalue weighted by Gasteiger charge is -2.36. The van der Waals surface area contributed by atoms with Crippen molar-refractivity contribution in [3.8, 4) is 5.75 Å². The number of unbranched alkanes of at least 4 members (excludes halogenated alkanes) is 1. The smallest absolute Gasteiger partial charge is 0.328 e. The Hall–Kier alpha value is -3.28. The van der Waals surface area contributed by atoms with Gasteiger partial charge in [-0.05, 0) is 49.6 Å². The Balaban J connectivity index is 1.65. The quantitative estimate of drug-likeness (QED) is 0.557.